The van der Waals surface area contributed by atoms with Gasteiger partial charge in [-0.15, -0.1) is 0 Å². The fourth-order valence-corrected chi connectivity index (χ4v) is 3.68. The predicted octanol–water partition coefficient (Wildman–Crippen LogP) is 4.38. The van der Waals surface area contributed by atoms with E-state index in [1.165, 1.54) is 18.1 Å². The molecule has 1 aliphatic rings. The summed E-state index contributed by atoms with van der Waals surface area (Å²) in [6.07, 6.45) is 2.03. The smallest absolute Gasteiger partial charge is 0.302 e. The van der Waals surface area contributed by atoms with Gasteiger partial charge in [0.15, 0.2) is 0 Å². The fourth-order valence-electron chi connectivity index (χ4n) is 3.68. The first kappa shape index (κ1) is 14.9. The number of hydrogen-bond acceptors (Lipinski definition) is 3. The lowest BCUT2D eigenvalue weighted by molar-refractivity contribution is -0.142. The maximum atomic E-state index is 11.3. The van der Waals surface area contributed by atoms with Gasteiger partial charge in [-0.1, -0.05) is 48.5 Å². The van der Waals surface area contributed by atoms with Gasteiger partial charge in [0, 0.05) is 23.8 Å². The molecule has 0 fully saturated rings. The molecule has 0 spiro atoms. The first-order valence-electron chi connectivity index (χ1n) is 8.32. The lowest BCUT2D eigenvalue weighted by Crippen LogP contribution is -2.06. The van der Waals surface area contributed by atoms with Gasteiger partial charge >= 0.3 is 5.97 Å². The van der Waals surface area contributed by atoms with E-state index in [1.807, 2.05) is 24.3 Å². The average molecular weight is 317 g/mol. The van der Waals surface area contributed by atoms with Gasteiger partial charge in [0.1, 0.15) is 6.61 Å². The van der Waals surface area contributed by atoms with Gasteiger partial charge in [0.2, 0.25) is 0 Å². The van der Waals surface area contributed by atoms with Crippen LogP contribution in [0.3, 0.4) is 0 Å². The molecule has 120 valence electrons. The number of hydrogen-bond donors (Lipinski definition) is 0. The van der Waals surface area contributed by atoms with Crippen LogP contribution in [0.15, 0.2) is 54.6 Å². The van der Waals surface area contributed by atoms with Gasteiger partial charge in [-0.05, 0) is 30.0 Å². The minimum atomic E-state index is -0.248. The van der Waals surface area contributed by atoms with Crippen LogP contribution in [0.2, 0.25) is 0 Å². The summed E-state index contributed by atoms with van der Waals surface area (Å²) in [6.45, 7) is 1.78. The minimum absolute atomic E-state index is 0.248. The molecule has 1 atom stereocenters. The topological polar surface area (TPSA) is 39.2 Å². The molecule has 0 radical (unpaired) electrons. The molecule has 1 aromatic heterocycles. The van der Waals surface area contributed by atoms with E-state index < -0.39 is 0 Å². The molecule has 0 amide bonds. The van der Waals surface area contributed by atoms with E-state index in [2.05, 4.69) is 30.3 Å². The van der Waals surface area contributed by atoms with Crippen molar-refractivity contribution >= 4 is 16.9 Å². The SMILES string of the molecule is CC(=O)OCc1c2c(nc3ccccc13)C(c1ccccc1)CC2. The zero-order valence-electron chi connectivity index (χ0n) is 13.7. The molecule has 1 aliphatic carbocycles. The van der Waals surface area contributed by atoms with E-state index >= 15 is 0 Å². The van der Waals surface area contributed by atoms with Crippen LogP contribution < -0.4 is 0 Å². The highest BCUT2D eigenvalue weighted by atomic mass is 16.5. The Kier molecular flexibility index (Phi) is 3.77. The Morgan fingerprint density at radius 1 is 1.12 bits per heavy atom. The second-order valence-electron chi connectivity index (χ2n) is 6.25. The highest BCUT2D eigenvalue weighted by Crippen LogP contribution is 2.40. The normalized spacial score (nSPS) is 16.1. The number of nitrogens with zero attached hydrogens (tertiary/aromatic N) is 1. The molecule has 0 aliphatic heterocycles. The van der Waals surface area contributed by atoms with E-state index in [9.17, 15) is 4.79 Å². The zero-order valence-corrected chi connectivity index (χ0v) is 13.7. The van der Waals surface area contributed by atoms with Crippen molar-refractivity contribution in [3.05, 3.63) is 77.0 Å². The first-order valence-corrected chi connectivity index (χ1v) is 8.32. The van der Waals surface area contributed by atoms with Crippen LogP contribution in [0, 0.1) is 0 Å². The van der Waals surface area contributed by atoms with E-state index in [0.717, 1.165) is 35.0 Å². The van der Waals surface area contributed by atoms with Crippen LogP contribution in [-0.2, 0) is 22.6 Å². The third kappa shape index (κ3) is 2.56. The number of esters is 1. The molecule has 1 heterocycles. The number of rotatable bonds is 3. The lowest BCUT2D eigenvalue weighted by atomic mass is 9.95. The van der Waals surface area contributed by atoms with Gasteiger partial charge in [0.25, 0.3) is 0 Å². The third-order valence-corrected chi connectivity index (χ3v) is 4.78. The molecule has 0 N–H and O–H groups in total. The Morgan fingerprint density at radius 2 is 1.88 bits per heavy atom. The Balaban J connectivity index is 1.87. The number of carbonyl (C=O) groups excluding carboxylic acids is 1. The van der Waals surface area contributed by atoms with Crippen molar-refractivity contribution in [1.82, 2.24) is 4.98 Å². The average Bonchev–Trinajstić information content (AvgIpc) is 3.02. The molecule has 4 rings (SSSR count). The van der Waals surface area contributed by atoms with Gasteiger partial charge in [-0.2, -0.15) is 0 Å². The summed E-state index contributed by atoms with van der Waals surface area (Å²) >= 11 is 0. The predicted molar refractivity (Wildman–Crippen MR) is 93.8 cm³/mol. The molecule has 2 aromatic carbocycles. The summed E-state index contributed by atoms with van der Waals surface area (Å²) in [5.74, 6) is 0.0733. The Morgan fingerprint density at radius 3 is 2.67 bits per heavy atom. The molecule has 0 bridgehead atoms. The number of benzene rings is 2. The number of aromatic nitrogens is 1. The summed E-state index contributed by atoms with van der Waals surface area (Å²) in [5, 5.41) is 1.09. The van der Waals surface area contributed by atoms with Crippen LogP contribution in [0.5, 0.6) is 0 Å². The van der Waals surface area contributed by atoms with Gasteiger partial charge in [0.05, 0.1) is 11.2 Å². The van der Waals surface area contributed by atoms with E-state index in [4.69, 9.17) is 9.72 Å². The molecule has 3 aromatic rings. The van der Waals surface area contributed by atoms with Crippen molar-refractivity contribution < 1.29 is 9.53 Å². The van der Waals surface area contributed by atoms with Crippen LogP contribution in [-0.4, -0.2) is 11.0 Å². The van der Waals surface area contributed by atoms with Crippen molar-refractivity contribution in [2.45, 2.75) is 32.3 Å². The van der Waals surface area contributed by atoms with Gasteiger partial charge < -0.3 is 4.74 Å². The standard InChI is InChI=1S/C21H19NO2/c1-14(23)24-13-19-17-9-5-6-10-20(17)22-21-16(11-12-18(19)21)15-7-3-2-4-8-15/h2-10,16H,11-13H2,1H3. The summed E-state index contributed by atoms with van der Waals surface area (Å²) in [7, 11) is 0. The quantitative estimate of drug-likeness (QED) is 0.673. The van der Waals surface area contributed by atoms with Crippen molar-refractivity contribution in [3.8, 4) is 0 Å². The monoisotopic (exact) mass is 317 g/mol. The van der Waals surface area contributed by atoms with Gasteiger partial charge in [-0.25, -0.2) is 0 Å². The van der Waals surface area contributed by atoms with Crippen molar-refractivity contribution in [3.63, 3.8) is 0 Å². The maximum absolute atomic E-state index is 11.3. The maximum Gasteiger partial charge on any atom is 0.302 e. The number of pyridine rings is 1. The molecular formula is C21H19NO2. The van der Waals surface area contributed by atoms with Crippen molar-refractivity contribution in [1.29, 1.82) is 0 Å². The molecule has 3 heteroatoms. The number of ether oxygens (including phenoxy) is 1. The van der Waals surface area contributed by atoms with E-state index in [0.29, 0.717) is 12.5 Å². The van der Waals surface area contributed by atoms with Crippen LogP contribution in [0.1, 0.15) is 41.6 Å². The largest absolute Gasteiger partial charge is 0.461 e. The summed E-state index contributed by atoms with van der Waals surface area (Å²) < 4.78 is 5.34. The van der Waals surface area contributed by atoms with Crippen LogP contribution >= 0.6 is 0 Å². The zero-order chi connectivity index (χ0) is 16.5. The summed E-state index contributed by atoms with van der Waals surface area (Å²) in [6, 6.07) is 18.7. The second-order valence-corrected chi connectivity index (χ2v) is 6.25. The molecular weight excluding hydrogens is 298 g/mol. The Bertz CT molecular complexity index is 902. The molecule has 24 heavy (non-hydrogen) atoms. The second kappa shape index (κ2) is 6.08. The van der Waals surface area contributed by atoms with Crippen LogP contribution in [0.4, 0.5) is 0 Å². The summed E-state index contributed by atoms with van der Waals surface area (Å²) in [5.41, 5.74) is 5.79. The lowest BCUT2D eigenvalue weighted by Gasteiger charge is -2.15. The Hall–Kier alpha value is -2.68. The highest BCUT2D eigenvalue weighted by Gasteiger charge is 2.29. The molecule has 1 unspecified atom stereocenters. The fraction of sp³-hybridized carbons (Fsp3) is 0.238. The third-order valence-electron chi connectivity index (χ3n) is 4.78. The first-order chi connectivity index (χ1) is 11.7. The molecule has 0 saturated heterocycles. The van der Waals surface area contributed by atoms with Crippen LogP contribution in [0.25, 0.3) is 10.9 Å². The highest BCUT2D eigenvalue weighted by molar-refractivity contribution is 5.84. The number of carbonyl (C=O) groups is 1. The van der Waals surface area contributed by atoms with Gasteiger partial charge in [-0.3, -0.25) is 9.78 Å². The minimum Gasteiger partial charge on any atom is -0.461 e. The molecule has 3 nitrogen and oxygen atoms in total. The molecule has 0 saturated carbocycles. The van der Waals surface area contributed by atoms with E-state index in [1.54, 1.807) is 0 Å². The Labute approximate surface area is 141 Å². The van der Waals surface area contributed by atoms with E-state index in [-0.39, 0.29) is 5.97 Å². The van der Waals surface area contributed by atoms with Crippen molar-refractivity contribution in [2.75, 3.05) is 0 Å². The number of para-hydroxylation sites is 1. The van der Waals surface area contributed by atoms with Crippen molar-refractivity contribution in [2.24, 2.45) is 0 Å². The summed E-state index contributed by atoms with van der Waals surface area (Å²) in [4.78, 5) is 16.3. The number of fused-ring (bicyclic) bond motifs is 2.